The van der Waals surface area contributed by atoms with Gasteiger partial charge in [0.15, 0.2) is 5.78 Å². The summed E-state index contributed by atoms with van der Waals surface area (Å²) in [5, 5.41) is 0. The highest BCUT2D eigenvalue weighted by Crippen LogP contribution is 2.44. The van der Waals surface area contributed by atoms with Gasteiger partial charge in [-0.1, -0.05) is 45.4 Å². The van der Waals surface area contributed by atoms with Crippen LogP contribution >= 0.6 is 0 Å². The van der Waals surface area contributed by atoms with Crippen LogP contribution in [-0.4, -0.2) is 5.78 Å². The summed E-state index contributed by atoms with van der Waals surface area (Å²) in [7, 11) is 0. The molecule has 1 unspecified atom stereocenters. The third-order valence-electron chi connectivity index (χ3n) is 3.12. The Balaban J connectivity index is 2.61. The molecule has 0 aliphatic heterocycles. The number of hydrogen-bond donors (Lipinski definition) is 0. The molecule has 0 bridgehead atoms. The Morgan fingerprint density at radius 1 is 1.53 bits per heavy atom. The molecule has 1 fully saturated rings. The second kappa shape index (κ2) is 4.78. The lowest BCUT2D eigenvalue weighted by Gasteiger charge is -2.14. The van der Waals surface area contributed by atoms with Gasteiger partial charge in [0.1, 0.15) is 0 Å². The number of allylic oxidation sites excluding steroid dienone is 4. The number of hydrogen-bond acceptors (Lipinski definition) is 1. The molecule has 1 nitrogen and oxygen atoms in total. The number of carbonyl (C=O) groups excluding carboxylic acids is 1. The van der Waals surface area contributed by atoms with Crippen LogP contribution in [0.2, 0.25) is 0 Å². The normalized spacial score (nSPS) is 27.7. The zero-order chi connectivity index (χ0) is 11.5. The summed E-state index contributed by atoms with van der Waals surface area (Å²) in [4.78, 5) is 11.1. The van der Waals surface area contributed by atoms with Gasteiger partial charge in [-0.2, -0.15) is 0 Å². The molecule has 0 aromatic heterocycles. The molecule has 0 radical (unpaired) electrons. The van der Waals surface area contributed by atoms with Crippen LogP contribution < -0.4 is 0 Å². The van der Waals surface area contributed by atoms with Crippen molar-refractivity contribution < 1.29 is 4.79 Å². The van der Waals surface area contributed by atoms with Gasteiger partial charge in [0, 0.05) is 6.42 Å². The van der Waals surface area contributed by atoms with E-state index in [1.807, 2.05) is 13.0 Å². The zero-order valence-corrected chi connectivity index (χ0v) is 10.3. The molecule has 0 aromatic rings. The van der Waals surface area contributed by atoms with Crippen molar-refractivity contribution in [1.29, 1.82) is 0 Å². The Bertz CT molecular complexity index is 294. The second-order valence-electron chi connectivity index (χ2n) is 5.37. The minimum atomic E-state index is 0.205. The number of carbonyl (C=O) groups is 1. The summed E-state index contributed by atoms with van der Waals surface area (Å²) in [5.74, 6) is 0.873. The fourth-order valence-corrected chi connectivity index (χ4v) is 2.38. The highest BCUT2D eigenvalue weighted by atomic mass is 16.1. The van der Waals surface area contributed by atoms with Crippen molar-refractivity contribution >= 4 is 5.78 Å². The second-order valence-corrected chi connectivity index (χ2v) is 5.37. The van der Waals surface area contributed by atoms with Crippen LogP contribution in [0.25, 0.3) is 0 Å². The lowest BCUT2D eigenvalue weighted by Crippen LogP contribution is -2.03. The Morgan fingerprint density at radius 2 is 2.20 bits per heavy atom. The van der Waals surface area contributed by atoms with Gasteiger partial charge in [-0.05, 0) is 30.3 Å². The molecule has 1 saturated carbocycles. The van der Waals surface area contributed by atoms with Crippen LogP contribution in [0.5, 0.6) is 0 Å². The Hall–Kier alpha value is -0.850. The van der Waals surface area contributed by atoms with E-state index >= 15 is 0 Å². The van der Waals surface area contributed by atoms with Gasteiger partial charge >= 0.3 is 0 Å². The largest absolute Gasteiger partial charge is 0.295 e. The van der Waals surface area contributed by atoms with Gasteiger partial charge in [0.2, 0.25) is 0 Å². The molecule has 84 valence electrons. The van der Waals surface area contributed by atoms with Gasteiger partial charge in [0.05, 0.1) is 0 Å². The van der Waals surface area contributed by atoms with Crippen LogP contribution in [0.15, 0.2) is 23.8 Å². The van der Waals surface area contributed by atoms with Crippen molar-refractivity contribution in [2.45, 2.75) is 47.0 Å². The molecule has 15 heavy (non-hydrogen) atoms. The molecule has 1 aliphatic rings. The maximum Gasteiger partial charge on any atom is 0.155 e. The molecule has 0 saturated heterocycles. The quantitative estimate of drug-likeness (QED) is 0.640. The molecular formula is C14H22O. The SMILES string of the molecule is CCC(=O)C=CC=C1CC(C)(C)CC1C. The van der Waals surface area contributed by atoms with Crippen LogP contribution in [0.1, 0.15) is 47.0 Å². The standard InChI is InChI=1S/C14H22O/c1-5-13(15)8-6-7-12-10-14(3,4)9-11(12)2/h6-8,11H,5,9-10H2,1-4H3. The summed E-state index contributed by atoms with van der Waals surface area (Å²) >= 11 is 0. The first kappa shape index (κ1) is 12.2. The molecule has 1 heteroatoms. The average Bonchev–Trinajstić information content (AvgIpc) is 2.39. The molecular weight excluding hydrogens is 184 g/mol. The van der Waals surface area contributed by atoms with Gasteiger partial charge in [0.25, 0.3) is 0 Å². The summed E-state index contributed by atoms with van der Waals surface area (Å²) < 4.78 is 0. The van der Waals surface area contributed by atoms with Gasteiger partial charge in [-0.15, -0.1) is 0 Å². The molecule has 0 aromatic carbocycles. The van der Waals surface area contributed by atoms with E-state index in [-0.39, 0.29) is 5.78 Å². The molecule has 1 atom stereocenters. The third kappa shape index (κ3) is 3.65. The van der Waals surface area contributed by atoms with E-state index in [1.54, 1.807) is 6.08 Å². The number of ketones is 1. The highest BCUT2D eigenvalue weighted by molar-refractivity contribution is 5.89. The smallest absolute Gasteiger partial charge is 0.155 e. The summed E-state index contributed by atoms with van der Waals surface area (Å²) in [6.45, 7) is 8.79. The minimum absolute atomic E-state index is 0.205. The Morgan fingerprint density at radius 3 is 2.67 bits per heavy atom. The van der Waals surface area contributed by atoms with Gasteiger partial charge in [-0.3, -0.25) is 4.79 Å². The van der Waals surface area contributed by atoms with Crippen molar-refractivity contribution in [1.82, 2.24) is 0 Å². The van der Waals surface area contributed by atoms with Crippen LogP contribution in [0.3, 0.4) is 0 Å². The maximum atomic E-state index is 11.1. The molecule has 0 amide bonds. The topological polar surface area (TPSA) is 17.1 Å². The van der Waals surface area contributed by atoms with Gasteiger partial charge < -0.3 is 0 Å². The van der Waals surface area contributed by atoms with Crippen molar-refractivity contribution in [3.63, 3.8) is 0 Å². The van der Waals surface area contributed by atoms with E-state index in [9.17, 15) is 4.79 Å². The van der Waals surface area contributed by atoms with Crippen molar-refractivity contribution in [3.05, 3.63) is 23.8 Å². The lowest BCUT2D eigenvalue weighted by molar-refractivity contribution is -0.114. The van der Waals surface area contributed by atoms with E-state index in [1.165, 1.54) is 18.4 Å². The monoisotopic (exact) mass is 206 g/mol. The molecule has 1 aliphatic carbocycles. The molecule has 0 spiro atoms. The summed E-state index contributed by atoms with van der Waals surface area (Å²) in [6.07, 6.45) is 8.75. The van der Waals surface area contributed by atoms with E-state index in [0.29, 0.717) is 17.8 Å². The predicted molar refractivity (Wildman–Crippen MR) is 64.7 cm³/mol. The van der Waals surface area contributed by atoms with Crippen LogP contribution in [0, 0.1) is 11.3 Å². The predicted octanol–water partition coefficient (Wildman–Crippen LogP) is 3.90. The zero-order valence-electron chi connectivity index (χ0n) is 10.3. The average molecular weight is 206 g/mol. The minimum Gasteiger partial charge on any atom is -0.295 e. The van der Waals surface area contributed by atoms with Crippen molar-refractivity contribution in [2.24, 2.45) is 11.3 Å². The van der Waals surface area contributed by atoms with Gasteiger partial charge in [-0.25, -0.2) is 0 Å². The first-order valence-corrected chi connectivity index (χ1v) is 5.84. The summed E-state index contributed by atoms with van der Waals surface area (Å²) in [6, 6.07) is 0. The van der Waals surface area contributed by atoms with Crippen molar-refractivity contribution in [2.75, 3.05) is 0 Å². The van der Waals surface area contributed by atoms with E-state index in [4.69, 9.17) is 0 Å². The lowest BCUT2D eigenvalue weighted by atomic mass is 9.91. The highest BCUT2D eigenvalue weighted by Gasteiger charge is 2.31. The first-order chi connectivity index (χ1) is 6.94. The molecule has 0 N–H and O–H groups in total. The van der Waals surface area contributed by atoms with Crippen LogP contribution in [-0.2, 0) is 4.79 Å². The Labute approximate surface area is 93.3 Å². The third-order valence-corrected chi connectivity index (χ3v) is 3.12. The first-order valence-electron chi connectivity index (χ1n) is 5.84. The maximum absolute atomic E-state index is 11.1. The van der Waals surface area contributed by atoms with E-state index < -0.39 is 0 Å². The summed E-state index contributed by atoms with van der Waals surface area (Å²) in [5.41, 5.74) is 1.92. The fraction of sp³-hybridized carbons (Fsp3) is 0.643. The molecule has 0 heterocycles. The fourth-order valence-electron chi connectivity index (χ4n) is 2.38. The number of rotatable bonds is 3. The van der Waals surface area contributed by atoms with E-state index in [0.717, 1.165) is 0 Å². The van der Waals surface area contributed by atoms with Crippen molar-refractivity contribution in [3.8, 4) is 0 Å². The molecule has 1 rings (SSSR count). The Kier molecular flexibility index (Phi) is 3.90. The van der Waals surface area contributed by atoms with Crippen LogP contribution in [0.4, 0.5) is 0 Å². The van der Waals surface area contributed by atoms with E-state index in [2.05, 4.69) is 26.8 Å².